The predicted octanol–water partition coefficient (Wildman–Crippen LogP) is 5.80. The summed E-state index contributed by atoms with van der Waals surface area (Å²) in [5, 5.41) is 43.6. The molecule has 0 bridgehead atoms. The summed E-state index contributed by atoms with van der Waals surface area (Å²) in [5.41, 5.74) is -0.0454. The van der Waals surface area contributed by atoms with Crippen molar-refractivity contribution >= 4 is 17.3 Å². The molecule has 4 N–H and O–H groups in total. The molecule has 0 saturated carbocycles. The molecular weight excluding hydrogens is 548 g/mol. The molecule has 0 heterocycles. The van der Waals surface area contributed by atoms with Crippen molar-refractivity contribution in [2.24, 2.45) is 0 Å². The van der Waals surface area contributed by atoms with Crippen LogP contribution in [0.15, 0.2) is 103 Å². The van der Waals surface area contributed by atoms with Crippen molar-refractivity contribution in [3.05, 3.63) is 148 Å². The highest BCUT2D eigenvalue weighted by Gasteiger charge is 2.28. The molecule has 0 unspecified atom stereocenters. The zero-order valence-corrected chi connectivity index (χ0v) is 22.9. The lowest BCUT2D eigenvalue weighted by Gasteiger charge is -2.18. The van der Waals surface area contributed by atoms with E-state index in [1.54, 1.807) is 72.8 Å². The molecule has 0 amide bonds. The fourth-order valence-electron chi connectivity index (χ4n) is 4.85. The number of hydrogen-bond donors (Lipinski definition) is 4. The van der Waals surface area contributed by atoms with Crippen LogP contribution in [0.25, 0.3) is 0 Å². The summed E-state index contributed by atoms with van der Waals surface area (Å²) in [6.45, 7) is 0. The first-order valence-electron chi connectivity index (χ1n) is 13.2. The van der Waals surface area contributed by atoms with Crippen LogP contribution in [0.2, 0.25) is 0 Å². The summed E-state index contributed by atoms with van der Waals surface area (Å²) < 4.78 is 5.42. The lowest BCUT2D eigenvalue weighted by atomic mass is 9.89. The first-order valence-corrected chi connectivity index (χ1v) is 13.2. The first-order chi connectivity index (χ1) is 20.7. The third kappa shape index (κ3) is 5.54. The average molecular weight is 575 g/mol. The number of hydrogen-bond acceptors (Lipinski definition) is 8. The minimum absolute atomic E-state index is 0.0502. The van der Waals surface area contributed by atoms with E-state index in [9.17, 15) is 34.8 Å². The monoisotopic (exact) mass is 574 g/mol. The summed E-state index contributed by atoms with van der Waals surface area (Å²) in [6.07, 6.45) is -0.298. The number of carbonyl (C=O) groups excluding carboxylic acids is 3. The van der Waals surface area contributed by atoms with Gasteiger partial charge in [0.1, 0.15) is 28.7 Å². The normalized spacial score (nSPS) is 10.7. The highest BCUT2D eigenvalue weighted by Crippen LogP contribution is 2.41. The van der Waals surface area contributed by atoms with Gasteiger partial charge in [0.05, 0.1) is 29.4 Å². The van der Waals surface area contributed by atoms with Gasteiger partial charge in [-0.05, 0) is 29.8 Å². The molecular formula is C35H26O8. The van der Waals surface area contributed by atoms with Gasteiger partial charge in [-0.2, -0.15) is 0 Å². The maximum Gasteiger partial charge on any atom is 0.200 e. The van der Waals surface area contributed by atoms with Crippen LogP contribution in [-0.2, 0) is 6.42 Å². The van der Waals surface area contributed by atoms with Gasteiger partial charge in [0.15, 0.2) is 17.3 Å². The van der Waals surface area contributed by atoms with E-state index in [2.05, 4.69) is 0 Å². The van der Waals surface area contributed by atoms with Gasteiger partial charge < -0.3 is 25.2 Å². The van der Waals surface area contributed by atoms with Crippen molar-refractivity contribution < 1.29 is 39.5 Å². The van der Waals surface area contributed by atoms with E-state index in [1.807, 2.05) is 0 Å². The SMILES string of the molecule is COc1cc(O)c(C(=O)c2ccccc2O)cc1Cc1c(O)c(C(=O)c2ccccc2)cc(C(=O)c2ccccc2)c1O. The Hall–Kier alpha value is -5.89. The van der Waals surface area contributed by atoms with E-state index in [-0.39, 0.29) is 62.4 Å². The smallest absolute Gasteiger partial charge is 0.200 e. The third-order valence-corrected chi connectivity index (χ3v) is 7.09. The van der Waals surface area contributed by atoms with E-state index in [0.717, 1.165) is 0 Å². The maximum absolute atomic E-state index is 13.5. The van der Waals surface area contributed by atoms with E-state index in [1.165, 1.54) is 37.4 Å². The first kappa shape index (κ1) is 28.6. The molecule has 5 rings (SSSR count). The maximum atomic E-state index is 13.5. The quantitative estimate of drug-likeness (QED) is 0.162. The standard InChI is InChI=1S/C35H26O8/c1-43-30-19-29(37)24(33(40)23-14-8-9-15-28(23)36)16-22(30)17-25-34(41)26(31(38)20-10-4-2-5-11-20)18-27(35(25)42)32(39)21-12-6-3-7-13-21/h2-16,18-19,36-37,41-42H,17H2,1H3. The van der Waals surface area contributed by atoms with Gasteiger partial charge in [-0.3, -0.25) is 14.4 Å². The number of para-hydroxylation sites is 1. The molecule has 0 aliphatic carbocycles. The Balaban J connectivity index is 1.68. The second-order valence-corrected chi connectivity index (χ2v) is 9.74. The third-order valence-electron chi connectivity index (χ3n) is 7.09. The largest absolute Gasteiger partial charge is 0.507 e. The van der Waals surface area contributed by atoms with Crippen LogP contribution in [0.4, 0.5) is 0 Å². The average Bonchev–Trinajstić information content (AvgIpc) is 3.03. The molecule has 5 aromatic rings. The molecule has 0 spiro atoms. The predicted molar refractivity (Wildman–Crippen MR) is 159 cm³/mol. The van der Waals surface area contributed by atoms with Crippen LogP contribution in [0.3, 0.4) is 0 Å². The van der Waals surface area contributed by atoms with Gasteiger partial charge in [0.25, 0.3) is 0 Å². The molecule has 0 fully saturated rings. The van der Waals surface area contributed by atoms with Crippen molar-refractivity contribution in [2.75, 3.05) is 7.11 Å². The van der Waals surface area contributed by atoms with Crippen LogP contribution in [0.1, 0.15) is 58.9 Å². The summed E-state index contributed by atoms with van der Waals surface area (Å²) in [5.74, 6) is -3.53. The lowest BCUT2D eigenvalue weighted by molar-refractivity contribution is 0.102. The van der Waals surface area contributed by atoms with Gasteiger partial charge in [-0.25, -0.2) is 0 Å². The zero-order valence-electron chi connectivity index (χ0n) is 22.9. The summed E-state index contributed by atoms with van der Waals surface area (Å²) in [7, 11) is 1.34. The Labute approximate surface area is 246 Å². The minimum Gasteiger partial charge on any atom is -0.507 e. The zero-order chi connectivity index (χ0) is 30.7. The van der Waals surface area contributed by atoms with Crippen LogP contribution < -0.4 is 4.74 Å². The van der Waals surface area contributed by atoms with Gasteiger partial charge in [-0.1, -0.05) is 72.8 Å². The fourth-order valence-corrected chi connectivity index (χ4v) is 4.85. The van der Waals surface area contributed by atoms with Crippen molar-refractivity contribution in [3.8, 4) is 28.7 Å². The number of methoxy groups -OCH3 is 1. The highest BCUT2D eigenvalue weighted by molar-refractivity contribution is 6.16. The Bertz CT molecular complexity index is 1790. The van der Waals surface area contributed by atoms with Crippen LogP contribution in [0, 0.1) is 0 Å². The van der Waals surface area contributed by atoms with Crippen molar-refractivity contribution in [2.45, 2.75) is 6.42 Å². The van der Waals surface area contributed by atoms with Gasteiger partial charge in [0.2, 0.25) is 0 Å². The van der Waals surface area contributed by atoms with Gasteiger partial charge in [0, 0.05) is 29.2 Å². The molecule has 43 heavy (non-hydrogen) atoms. The Morgan fingerprint density at radius 3 is 1.58 bits per heavy atom. The summed E-state index contributed by atoms with van der Waals surface area (Å²) in [6, 6.07) is 25.9. The van der Waals surface area contributed by atoms with Crippen molar-refractivity contribution in [3.63, 3.8) is 0 Å². The molecule has 8 nitrogen and oxygen atoms in total. The molecule has 5 aromatic carbocycles. The molecule has 8 heteroatoms. The molecule has 214 valence electrons. The number of phenols is 4. The molecule has 0 radical (unpaired) electrons. The molecule has 0 aliphatic rings. The van der Waals surface area contributed by atoms with E-state index in [4.69, 9.17) is 4.74 Å². The van der Waals surface area contributed by atoms with E-state index < -0.39 is 34.6 Å². The molecule has 0 atom stereocenters. The van der Waals surface area contributed by atoms with Crippen LogP contribution in [0.5, 0.6) is 28.7 Å². The van der Waals surface area contributed by atoms with E-state index in [0.29, 0.717) is 0 Å². The van der Waals surface area contributed by atoms with Crippen molar-refractivity contribution in [1.29, 1.82) is 0 Å². The number of aromatic hydroxyl groups is 4. The van der Waals surface area contributed by atoms with Gasteiger partial charge >= 0.3 is 0 Å². The number of benzene rings is 5. The number of ketones is 3. The number of carbonyl (C=O) groups is 3. The number of phenolic OH excluding ortho intramolecular Hbond substituents is 4. The highest BCUT2D eigenvalue weighted by atomic mass is 16.5. The van der Waals surface area contributed by atoms with Gasteiger partial charge in [-0.15, -0.1) is 0 Å². The second kappa shape index (κ2) is 11.9. The minimum atomic E-state index is -0.680. The Morgan fingerprint density at radius 2 is 1.07 bits per heavy atom. The Morgan fingerprint density at radius 1 is 0.558 bits per heavy atom. The fraction of sp³-hybridized carbons (Fsp3) is 0.0571. The molecule has 0 aliphatic heterocycles. The second-order valence-electron chi connectivity index (χ2n) is 9.74. The lowest BCUT2D eigenvalue weighted by Crippen LogP contribution is -2.10. The Kier molecular flexibility index (Phi) is 7.94. The summed E-state index contributed by atoms with van der Waals surface area (Å²) in [4.78, 5) is 40.3. The van der Waals surface area contributed by atoms with Crippen LogP contribution in [-0.4, -0.2) is 44.9 Å². The topological polar surface area (TPSA) is 141 Å². The summed E-state index contributed by atoms with van der Waals surface area (Å²) >= 11 is 0. The molecule has 0 aromatic heterocycles. The van der Waals surface area contributed by atoms with Crippen LogP contribution >= 0.6 is 0 Å². The molecule has 0 saturated heterocycles. The number of ether oxygens (including phenoxy) is 1. The van der Waals surface area contributed by atoms with Crippen molar-refractivity contribution in [1.82, 2.24) is 0 Å². The van der Waals surface area contributed by atoms with E-state index >= 15 is 0 Å². The number of rotatable bonds is 9.